The molecule has 0 unspecified atom stereocenters. The number of rotatable bonds is 5. The molecule has 0 rings (SSSR count). The summed E-state index contributed by atoms with van der Waals surface area (Å²) in [4.78, 5) is 21.3. The van der Waals surface area contributed by atoms with Gasteiger partial charge in [-0.25, -0.2) is 4.79 Å². The summed E-state index contributed by atoms with van der Waals surface area (Å²) in [6.07, 6.45) is 2.56. The lowest BCUT2D eigenvalue weighted by atomic mass is 10.3. The van der Waals surface area contributed by atoms with Crippen LogP contribution in [0, 0.1) is 0 Å². The van der Waals surface area contributed by atoms with Crippen LogP contribution in [0.25, 0.3) is 0 Å². The van der Waals surface area contributed by atoms with Gasteiger partial charge in [-0.05, 0) is 6.08 Å². The van der Waals surface area contributed by atoms with E-state index in [9.17, 15) is 9.59 Å². The van der Waals surface area contributed by atoms with Crippen molar-refractivity contribution in [3.63, 3.8) is 0 Å². The van der Waals surface area contributed by atoms with Crippen molar-refractivity contribution in [1.29, 1.82) is 0 Å². The molecule has 0 amide bonds. The van der Waals surface area contributed by atoms with Crippen molar-refractivity contribution in [2.24, 2.45) is 0 Å². The summed E-state index contributed by atoms with van der Waals surface area (Å²) in [7, 11) is 2.77. The highest BCUT2D eigenvalue weighted by molar-refractivity contribution is 5.95. The molecule has 0 atom stereocenters. The average Bonchev–Trinajstić information content (AvgIpc) is 2.10. The van der Waals surface area contributed by atoms with Crippen molar-refractivity contribution in [2.45, 2.75) is 6.42 Å². The number of carbonyl (C=O) groups is 2. The molecular weight excluding hydrogens is 160 g/mol. The van der Waals surface area contributed by atoms with Gasteiger partial charge in [0.15, 0.2) is 5.78 Å². The Morgan fingerprint density at radius 2 is 1.92 bits per heavy atom. The molecule has 0 spiro atoms. The van der Waals surface area contributed by atoms with E-state index in [1.807, 2.05) is 0 Å². The molecule has 4 heteroatoms. The molecule has 68 valence electrons. The highest BCUT2D eigenvalue weighted by atomic mass is 16.5. The summed E-state index contributed by atoms with van der Waals surface area (Å²) < 4.78 is 8.97. The Balaban J connectivity index is 3.67. The second-order valence-electron chi connectivity index (χ2n) is 2.07. The summed E-state index contributed by atoms with van der Waals surface area (Å²) in [5.41, 5.74) is 0. The van der Waals surface area contributed by atoms with E-state index in [2.05, 4.69) is 9.47 Å². The Hall–Kier alpha value is -1.16. The highest BCUT2D eigenvalue weighted by Crippen LogP contribution is 1.87. The van der Waals surface area contributed by atoms with Crippen LogP contribution in [0.3, 0.4) is 0 Å². The van der Waals surface area contributed by atoms with Crippen LogP contribution in [-0.4, -0.2) is 32.6 Å². The second kappa shape index (κ2) is 6.54. The third-order valence-electron chi connectivity index (χ3n) is 1.16. The van der Waals surface area contributed by atoms with Gasteiger partial charge in [0.05, 0.1) is 13.7 Å². The van der Waals surface area contributed by atoms with Crippen molar-refractivity contribution in [1.82, 2.24) is 0 Å². The van der Waals surface area contributed by atoms with Gasteiger partial charge in [0.2, 0.25) is 0 Å². The SMILES string of the molecule is COCCC(=O)/C=C/C(=O)OC. The van der Waals surface area contributed by atoms with Crippen LogP contribution in [0.2, 0.25) is 0 Å². The maximum absolute atomic E-state index is 10.8. The molecule has 0 radical (unpaired) electrons. The van der Waals surface area contributed by atoms with Crippen molar-refractivity contribution >= 4 is 11.8 Å². The molecule has 0 aromatic rings. The Kier molecular flexibility index (Phi) is 5.91. The van der Waals surface area contributed by atoms with Crippen LogP contribution >= 0.6 is 0 Å². The Morgan fingerprint density at radius 3 is 2.42 bits per heavy atom. The maximum atomic E-state index is 10.8. The predicted molar refractivity (Wildman–Crippen MR) is 42.7 cm³/mol. The first-order valence-electron chi connectivity index (χ1n) is 3.48. The van der Waals surface area contributed by atoms with E-state index in [0.717, 1.165) is 6.08 Å². The van der Waals surface area contributed by atoms with Crippen molar-refractivity contribution in [3.8, 4) is 0 Å². The summed E-state index contributed by atoms with van der Waals surface area (Å²) in [6.45, 7) is 0.365. The second-order valence-corrected chi connectivity index (χ2v) is 2.07. The normalized spacial score (nSPS) is 10.2. The standard InChI is InChI=1S/C8H12O4/c1-11-6-5-7(9)3-4-8(10)12-2/h3-4H,5-6H2,1-2H3/b4-3+. The molecule has 0 aliphatic carbocycles. The lowest BCUT2D eigenvalue weighted by molar-refractivity contribution is -0.135. The monoisotopic (exact) mass is 172 g/mol. The van der Waals surface area contributed by atoms with Crippen LogP contribution in [0.1, 0.15) is 6.42 Å². The largest absolute Gasteiger partial charge is 0.466 e. The van der Waals surface area contributed by atoms with E-state index in [1.54, 1.807) is 0 Å². The minimum absolute atomic E-state index is 0.151. The summed E-state index contributed by atoms with van der Waals surface area (Å²) in [6, 6.07) is 0. The number of allylic oxidation sites excluding steroid dienone is 1. The molecule has 0 saturated heterocycles. The Labute approximate surface area is 71.2 Å². The first-order chi connectivity index (χ1) is 5.70. The number of hydrogen-bond donors (Lipinski definition) is 0. The lowest BCUT2D eigenvalue weighted by Gasteiger charge is -1.93. The topological polar surface area (TPSA) is 52.6 Å². The van der Waals surface area contributed by atoms with Gasteiger partial charge in [-0.3, -0.25) is 4.79 Å². The minimum Gasteiger partial charge on any atom is -0.466 e. The molecule has 0 N–H and O–H groups in total. The van der Waals surface area contributed by atoms with Crippen molar-refractivity contribution in [2.75, 3.05) is 20.8 Å². The van der Waals surface area contributed by atoms with Gasteiger partial charge >= 0.3 is 5.97 Å². The van der Waals surface area contributed by atoms with Crippen LogP contribution < -0.4 is 0 Å². The Morgan fingerprint density at radius 1 is 1.25 bits per heavy atom. The number of ether oxygens (including phenoxy) is 2. The molecule has 0 aromatic carbocycles. The first kappa shape index (κ1) is 10.8. The molecule has 0 aromatic heterocycles. The van der Waals surface area contributed by atoms with Gasteiger partial charge in [0, 0.05) is 19.6 Å². The van der Waals surface area contributed by atoms with Crippen LogP contribution in [0.4, 0.5) is 0 Å². The third-order valence-corrected chi connectivity index (χ3v) is 1.16. The van der Waals surface area contributed by atoms with E-state index in [1.165, 1.54) is 20.3 Å². The zero-order valence-electron chi connectivity index (χ0n) is 7.20. The van der Waals surface area contributed by atoms with Gasteiger partial charge in [0.1, 0.15) is 0 Å². The molecule has 0 aliphatic heterocycles. The third kappa shape index (κ3) is 5.61. The summed E-state index contributed by atoms with van der Waals surface area (Å²) in [5, 5.41) is 0. The van der Waals surface area contributed by atoms with Gasteiger partial charge in [0.25, 0.3) is 0 Å². The number of methoxy groups -OCH3 is 2. The smallest absolute Gasteiger partial charge is 0.330 e. The molecule has 0 heterocycles. The zero-order chi connectivity index (χ0) is 9.40. The van der Waals surface area contributed by atoms with Crippen molar-refractivity contribution < 1.29 is 19.1 Å². The number of esters is 1. The lowest BCUT2D eigenvalue weighted by Crippen LogP contribution is -2.01. The van der Waals surface area contributed by atoms with E-state index in [0.29, 0.717) is 6.61 Å². The number of ketones is 1. The zero-order valence-corrected chi connectivity index (χ0v) is 7.20. The quantitative estimate of drug-likeness (QED) is 0.442. The minimum atomic E-state index is -0.527. The molecule has 0 fully saturated rings. The van der Waals surface area contributed by atoms with Crippen LogP contribution in [0.15, 0.2) is 12.2 Å². The van der Waals surface area contributed by atoms with Gasteiger partial charge in [-0.2, -0.15) is 0 Å². The highest BCUT2D eigenvalue weighted by Gasteiger charge is 1.97. The fourth-order valence-electron chi connectivity index (χ4n) is 0.515. The maximum Gasteiger partial charge on any atom is 0.330 e. The average molecular weight is 172 g/mol. The van der Waals surface area contributed by atoms with Gasteiger partial charge in [-0.1, -0.05) is 0 Å². The summed E-state index contributed by atoms with van der Waals surface area (Å²) >= 11 is 0. The van der Waals surface area contributed by atoms with E-state index >= 15 is 0 Å². The van der Waals surface area contributed by atoms with Gasteiger partial charge in [-0.15, -0.1) is 0 Å². The number of carbonyl (C=O) groups excluding carboxylic acids is 2. The van der Waals surface area contributed by atoms with Gasteiger partial charge < -0.3 is 9.47 Å². The number of hydrogen-bond acceptors (Lipinski definition) is 4. The van der Waals surface area contributed by atoms with Crippen molar-refractivity contribution in [3.05, 3.63) is 12.2 Å². The molecule has 12 heavy (non-hydrogen) atoms. The fraction of sp³-hybridized carbons (Fsp3) is 0.500. The molecule has 4 nitrogen and oxygen atoms in total. The van der Waals surface area contributed by atoms with E-state index < -0.39 is 5.97 Å². The predicted octanol–water partition coefficient (Wildman–Crippen LogP) is 0.321. The van der Waals surface area contributed by atoms with E-state index in [-0.39, 0.29) is 12.2 Å². The molecule has 0 saturated carbocycles. The molecular formula is C8H12O4. The molecule has 0 bridgehead atoms. The summed E-state index contributed by atoms with van der Waals surface area (Å²) in [5.74, 6) is -0.678. The fourth-order valence-corrected chi connectivity index (χ4v) is 0.515. The van der Waals surface area contributed by atoms with Crippen LogP contribution in [0.5, 0.6) is 0 Å². The first-order valence-corrected chi connectivity index (χ1v) is 3.48. The molecule has 0 aliphatic rings. The van der Waals surface area contributed by atoms with E-state index in [4.69, 9.17) is 0 Å². The van der Waals surface area contributed by atoms with Crippen LogP contribution in [-0.2, 0) is 19.1 Å². The Bertz CT molecular complexity index is 183.